The highest BCUT2D eigenvalue weighted by molar-refractivity contribution is 6.42. The number of carbonyl (C=O) groups is 1. The highest BCUT2D eigenvalue weighted by Gasteiger charge is 2.17. The highest BCUT2D eigenvalue weighted by Crippen LogP contribution is 2.27. The minimum atomic E-state index is -0.0695. The lowest BCUT2D eigenvalue weighted by atomic mass is 10.1. The van der Waals surface area contributed by atoms with Gasteiger partial charge >= 0.3 is 0 Å². The van der Waals surface area contributed by atoms with Gasteiger partial charge in [0.2, 0.25) is 5.91 Å². The van der Waals surface area contributed by atoms with Crippen LogP contribution in [-0.4, -0.2) is 44.0 Å². The maximum Gasteiger partial charge on any atom is 0.228 e. The molecule has 132 valence electrons. The van der Waals surface area contributed by atoms with Crippen molar-refractivity contribution in [3.05, 3.63) is 58.1 Å². The van der Waals surface area contributed by atoms with Crippen LogP contribution in [0.5, 0.6) is 0 Å². The van der Waals surface area contributed by atoms with Gasteiger partial charge in [-0.15, -0.1) is 0 Å². The molecule has 3 rings (SSSR count). The molecule has 2 aromatic carbocycles. The van der Waals surface area contributed by atoms with E-state index < -0.39 is 0 Å². The van der Waals surface area contributed by atoms with Crippen molar-refractivity contribution in [2.75, 3.05) is 43.4 Å². The minimum Gasteiger partial charge on any atom is -0.367 e. The number of para-hydroxylation sites is 2. The molecule has 1 fully saturated rings. The summed E-state index contributed by atoms with van der Waals surface area (Å²) >= 11 is 11.9. The number of nitrogens with one attached hydrogen (secondary N) is 1. The lowest BCUT2D eigenvalue weighted by molar-refractivity contribution is -0.115. The normalized spacial score (nSPS) is 15.2. The number of piperazine rings is 1. The Morgan fingerprint density at radius 3 is 2.48 bits per heavy atom. The standard InChI is InChI=1S/C19H21Cl2N3O/c1-23-8-10-24(11-9-23)18-5-3-2-4-17(18)22-19(25)13-14-6-7-15(20)16(21)12-14/h2-7,12H,8-11,13H2,1H3,(H,22,25). The first-order chi connectivity index (χ1) is 12.0. The predicted molar refractivity (Wildman–Crippen MR) is 105 cm³/mol. The van der Waals surface area contributed by atoms with Crippen LogP contribution in [0.1, 0.15) is 5.56 Å². The summed E-state index contributed by atoms with van der Waals surface area (Å²) in [5, 5.41) is 3.99. The van der Waals surface area contributed by atoms with E-state index in [4.69, 9.17) is 23.2 Å². The van der Waals surface area contributed by atoms with Gasteiger partial charge in [0.1, 0.15) is 0 Å². The van der Waals surface area contributed by atoms with Crippen LogP contribution in [0.3, 0.4) is 0 Å². The topological polar surface area (TPSA) is 35.6 Å². The summed E-state index contributed by atoms with van der Waals surface area (Å²) in [5.74, 6) is -0.0695. The van der Waals surface area contributed by atoms with Gasteiger partial charge in [0.05, 0.1) is 27.8 Å². The van der Waals surface area contributed by atoms with Gasteiger partial charge in [0, 0.05) is 26.2 Å². The first kappa shape index (κ1) is 18.1. The van der Waals surface area contributed by atoms with Crippen molar-refractivity contribution in [3.8, 4) is 0 Å². The summed E-state index contributed by atoms with van der Waals surface area (Å²) in [7, 11) is 2.13. The average Bonchev–Trinajstić information content (AvgIpc) is 2.59. The van der Waals surface area contributed by atoms with E-state index in [-0.39, 0.29) is 12.3 Å². The second kappa shape index (κ2) is 8.09. The zero-order valence-electron chi connectivity index (χ0n) is 14.1. The molecular formula is C19H21Cl2N3O. The molecule has 1 heterocycles. The quantitative estimate of drug-likeness (QED) is 0.876. The Kier molecular flexibility index (Phi) is 5.84. The number of hydrogen-bond donors (Lipinski definition) is 1. The van der Waals surface area contributed by atoms with E-state index >= 15 is 0 Å². The molecule has 0 atom stereocenters. The molecule has 0 saturated carbocycles. The second-order valence-electron chi connectivity index (χ2n) is 6.28. The van der Waals surface area contributed by atoms with Crippen molar-refractivity contribution in [1.29, 1.82) is 0 Å². The van der Waals surface area contributed by atoms with Crippen molar-refractivity contribution in [3.63, 3.8) is 0 Å². The smallest absolute Gasteiger partial charge is 0.228 e. The molecule has 1 saturated heterocycles. The maximum absolute atomic E-state index is 12.5. The Morgan fingerprint density at radius 2 is 1.76 bits per heavy atom. The molecule has 6 heteroatoms. The molecule has 0 aliphatic carbocycles. The van der Waals surface area contributed by atoms with Crippen LogP contribution in [0.4, 0.5) is 11.4 Å². The van der Waals surface area contributed by atoms with Crippen LogP contribution in [0.2, 0.25) is 10.0 Å². The largest absolute Gasteiger partial charge is 0.367 e. The summed E-state index contributed by atoms with van der Waals surface area (Å²) < 4.78 is 0. The number of anilines is 2. The van der Waals surface area contributed by atoms with E-state index in [0.29, 0.717) is 10.0 Å². The van der Waals surface area contributed by atoms with Gasteiger partial charge in [0.25, 0.3) is 0 Å². The lowest BCUT2D eigenvalue weighted by Gasteiger charge is -2.35. The molecule has 1 N–H and O–H groups in total. The zero-order valence-corrected chi connectivity index (χ0v) is 15.6. The van der Waals surface area contributed by atoms with Crippen LogP contribution in [0, 0.1) is 0 Å². The minimum absolute atomic E-state index is 0.0695. The first-order valence-corrected chi connectivity index (χ1v) is 9.05. The van der Waals surface area contributed by atoms with E-state index in [2.05, 4.69) is 28.2 Å². The van der Waals surface area contributed by atoms with Crippen molar-refractivity contribution < 1.29 is 4.79 Å². The average molecular weight is 378 g/mol. The number of amides is 1. The molecule has 1 amide bonds. The molecule has 25 heavy (non-hydrogen) atoms. The van der Waals surface area contributed by atoms with Crippen LogP contribution in [0.15, 0.2) is 42.5 Å². The Balaban J connectivity index is 1.70. The lowest BCUT2D eigenvalue weighted by Crippen LogP contribution is -2.44. The van der Waals surface area contributed by atoms with Crippen molar-refractivity contribution in [2.45, 2.75) is 6.42 Å². The van der Waals surface area contributed by atoms with Gasteiger partial charge in [-0.25, -0.2) is 0 Å². The fourth-order valence-corrected chi connectivity index (χ4v) is 3.25. The molecule has 0 radical (unpaired) electrons. The number of benzene rings is 2. The molecule has 0 unspecified atom stereocenters. The molecule has 0 aromatic heterocycles. The molecule has 2 aromatic rings. The van der Waals surface area contributed by atoms with E-state index in [1.807, 2.05) is 24.3 Å². The van der Waals surface area contributed by atoms with Crippen molar-refractivity contribution >= 4 is 40.5 Å². The number of halogens is 2. The summed E-state index contributed by atoms with van der Waals surface area (Å²) in [6.45, 7) is 3.95. The van der Waals surface area contributed by atoms with Crippen molar-refractivity contribution in [2.24, 2.45) is 0 Å². The first-order valence-electron chi connectivity index (χ1n) is 8.29. The van der Waals surface area contributed by atoms with Crippen LogP contribution in [-0.2, 0) is 11.2 Å². The number of nitrogens with zero attached hydrogens (tertiary/aromatic N) is 2. The second-order valence-corrected chi connectivity index (χ2v) is 7.10. The van der Waals surface area contributed by atoms with Crippen LogP contribution < -0.4 is 10.2 Å². The van der Waals surface area contributed by atoms with Gasteiger partial charge in [-0.05, 0) is 36.9 Å². The summed E-state index contributed by atoms with van der Waals surface area (Å²) in [5.41, 5.74) is 2.75. The van der Waals surface area contributed by atoms with E-state index in [9.17, 15) is 4.79 Å². The Hall–Kier alpha value is -1.75. The predicted octanol–water partition coefficient (Wildman–Crippen LogP) is 3.93. The van der Waals surface area contributed by atoms with E-state index in [1.54, 1.807) is 12.1 Å². The van der Waals surface area contributed by atoms with Gasteiger partial charge in [-0.1, -0.05) is 41.4 Å². The molecular weight excluding hydrogens is 357 g/mol. The molecule has 4 nitrogen and oxygen atoms in total. The molecule has 1 aliphatic rings. The van der Waals surface area contributed by atoms with Gasteiger partial charge in [0.15, 0.2) is 0 Å². The van der Waals surface area contributed by atoms with Crippen LogP contribution in [0.25, 0.3) is 0 Å². The van der Waals surface area contributed by atoms with E-state index in [0.717, 1.165) is 43.1 Å². The summed E-state index contributed by atoms with van der Waals surface area (Å²) in [6, 6.07) is 13.2. The van der Waals surface area contributed by atoms with E-state index in [1.165, 1.54) is 0 Å². The SMILES string of the molecule is CN1CCN(c2ccccc2NC(=O)Cc2ccc(Cl)c(Cl)c2)CC1. The maximum atomic E-state index is 12.5. The summed E-state index contributed by atoms with van der Waals surface area (Å²) in [4.78, 5) is 17.1. The molecule has 0 bridgehead atoms. The summed E-state index contributed by atoms with van der Waals surface area (Å²) in [6.07, 6.45) is 0.258. The Bertz CT molecular complexity index is 758. The van der Waals surface area contributed by atoms with Crippen molar-refractivity contribution in [1.82, 2.24) is 4.90 Å². The Morgan fingerprint density at radius 1 is 1.04 bits per heavy atom. The third-order valence-electron chi connectivity index (χ3n) is 4.37. The number of likely N-dealkylation sites (N-methyl/N-ethyl adjacent to an activating group) is 1. The molecule has 1 aliphatic heterocycles. The molecule has 0 spiro atoms. The van der Waals surface area contributed by atoms with Gasteiger partial charge < -0.3 is 15.1 Å². The van der Waals surface area contributed by atoms with Crippen LogP contribution >= 0.6 is 23.2 Å². The third kappa shape index (κ3) is 4.66. The zero-order chi connectivity index (χ0) is 17.8. The highest BCUT2D eigenvalue weighted by atomic mass is 35.5. The number of carbonyl (C=O) groups excluding carboxylic acids is 1. The fourth-order valence-electron chi connectivity index (χ4n) is 2.93. The number of rotatable bonds is 4. The van der Waals surface area contributed by atoms with Gasteiger partial charge in [-0.2, -0.15) is 0 Å². The van der Waals surface area contributed by atoms with Gasteiger partial charge in [-0.3, -0.25) is 4.79 Å². The monoisotopic (exact) mass is 377 g/mol. The Labute approximate surface area is 158 Å². The number of hydrogen-bond acceptors (Lipinski definition) is 3. The third-order valence-corrected chi connectivity index (χ3v) is 5.11. The fraction of sp³-hybridized carbons (Fsp3) is 0.316.